The lowest BCUT2D eigenvalue weighted by Crippen LogP contribution is -2.35. The summed E-state index contributed by atoms with van der Waals surface area (Å²) in [7, 11) is 0. The first-order chi connectivity index (χ1) is 9.40. The monoisotopic (exact) mass is 288 g/mol. The molecule has 1 unspecified atom stereocenters. The number of benzene rings is 1. The van der Waals surface area contributed by atoms with Gasteiger partial charge in [-0.15, -0.1) is 0 Å². The van der Waals surface area contributed by atoms with E-state index in [0.29, 0.717) is 24.3 Å². The maximum Gasteiger partial charge on any atom is 0.396 e. The van der Waals surface area contributed by atoms with Crippen LogP contribution >= 0.6 is 0 Å². The highest BCUT2D eigenvalue weighted by Gasteiger charge is 2.39. The van der Waals surface area contributed by atoms with Gasteiger partial charge < -0.3 is 15.8 Å². The highest BCUT2D eigenvalue weighted by molar-refractivity contribution is 5.93. The zero-order valence-electron chi connectivity index (χ0n) is 10.7. The molecule has 0 bridgehead atoms. The summed E-state index contributed by atoms with van der Waals surface area (Å²) in [6, 6.07) is 4.82. The predicted octanol–water partition coefficient (Wildman–Crippen LogP) is 2.09. The SMILES string of the molecule is NCC(COc1ccc2c(c1)CCC(=O)N2)C(F)(F)F. The standard InChI is InChI=1S/C13H15F3N2O2/c14-13(15,16)9(6-17)7-20-10-2-3-11-8(5-10)1-4-12(19)18-11/h2-3,5,9H,1,4,6-7,17H2,(H,18,19). The van der Waals surface area contributed by atoms with Crippen molar-refractivity contribution in [2.45, 2.75) is 19.0 Å². The second kappa shape index (κ2) is 5.70. The summed E-state index contributed by atoms with van der Waals surface area (Å²) >= 11 is 0. The smallest absolute Gasteiger partial charge is 0.396 e. The zero-order chi connectivity index (χ0) is 14.8. The molecule has 0 radical (unpaired) electrons. The molecule has 0 aliphatic carbocycles. The van der Waals surface area contributed by atoms with Crippen LogP contribution < -0.4 is 15.8 Å². The molecule has 3 N–H and O–H groups in total. The number of carbonyl (C=O) groups excluding carboxylic acids is 1. The summed E-state index contributed by atoms with van der Waals surface area (Å²) < 4.78 is 42.8. The number of anilines is 1. The Labute approximate surface area is 114 Å². The second-order valence-electron chi connectivity index (χ2n) is 4.65. The van der Waals surface area contributed by atoms with E-state index in [9.17, 15) is 18.0 Å². The number of nitrogens with one attached hydrogen (secondary N) is 1. The molecule has 2 rings (SSSR count). The van der Waals surface area contributed by atoms with Gasteiger partial charge in [-0.3, -0.25) is 4.79 Å². The highest BCUT2D eigenvalue weighted by Crippen LogP contribution is 2.29. The molecule has 1 aromatic carbocycles. The quantitative estimate of drug-likeness (QED) is 0.891. The van der Waals surface area contributed by atoms with E-state index in [-0.39, 0.29) is 5.91 Å². The summed E-state index contributed by atoms with van der Waals surface area (Å²) in [6.45, 7) is -1.02. The van der Waals surface area contributed by atoms with Crippen LogP contribution in [0.25, 0.3) is 0 Å². The summed E-state index contributed by atoms with van der Waals surface area (Å²) in [5.74, 6) is -1.40. The van der Waals surface area contributed by atoms with E-state index in [1.54, 1.807) is 12.1 Å². The number of carbonyl (C=O) groups is 1. The van der Waals surface area contributed by atoms with Gasteiger partial charge in [0.05, 0.1) is 0 Å². The van der Waals surface area contributed by atoms with E-state index in [4.69, 9.17) is 10.5 Å². The topological polar surface area (TPSA) is 64.3 Å². The molecule has 110 valence electrons. The normalized spacial score (nSPS) is 16.3. The van der Waals surface area contributed by atoms with Crippen LogP contribution in [0.5, 0.6) is 5.75 Å². The molecule has 4 nitrogen and oxygen atoms in total. The van der Waals surface area contributed by atoms with Gasteiger partial charge in [-0.1, -0.05) is 0 Å². The number of alkyl halides is 3. The van der Waals surface area contributed by atoms with Crippen LogP contribution in [-0.2, 0) is 11.2 Å². The Morgan fingerprint density at radius 3 is 2.75 bits per heavy atom. The minimum Gasteiger partial charge on any atom is -0.493 e. The summed E-state index contributed by atoms with van der Waals surface area (Å²) in [5, 5.41) is 2.69. The second-order valence-corrected chi connectivity index (χ2v) is 4.65. The average molecular weight is 288 g/mol. The molecular formula is C13H15F3N2O2. The molecule has 1 aliphatic rings. The molecule has 0 saturated carbocycles. The molecule has 1 amide bonds. The van der Waals surface area contributed by atoms with E-state index in [2.05, 4.69) is 5.32 Å². The van der Waals surface area contributed by atoms with Crippen molar-refractivity contribution in [2.75, 3.05) is 18.5 Å². The van der Waals surface area contributed by atoms with Gasteiger partial charge in [-0.2, -0.15) is 13.2 Å². The largest absolute Gasteiger partial charge is 0.493 e. The molecule has 1 aromatic rings. The van der Waals surface area contributed by atoms with Crippen LogP contribution in [0.15, 0.2) is 18.2 Å². The molecular weight excluding hydrogens is 273 g/mol. The van der Waals surface area contributed by atoms with Gasteiger partial charge in [-0.25, -0.2) is 0 Å². The van der Waals surface area contributed by atoms with Gasteiger partial charge in [-0.05, 0) is 30.2 Å². The minimum atomic E-state index is -4.36. The number of aryl methyl sites for hydroxylation is 1. The number of ether oxygens (including phenoxy) is 1. The first-order valence-electron chi connectivity index (χ1n) is 6.22. The Balaban J connectivity index is 2.02. The minimum absolute atomic E-state index is 0.0635. The van der Waals surface area contributed by atoms with Crippen LogP contribution in [0.4, 0.5) is 18.9 Å². The van der Waals surface area contributed by atoms with Crippen molar-refractivity contribution >= 4 is 11.6 Å². The molecule has 0 fully saturated rings. The molecule has 0 spiro atoms. The van der Waals surface area contributed by atoms with Gasteiger partial charge in [0.25, 0.3) is 0 Å². The Kier molecular flexibility index (Phi) is 4.17. The number of hydrogen-bond acceptors (Lipinski definition) is 3. The van der Waals surface area contributed by atoms with Gasteiger partial charge in [0, 0.05) is 18.7 Å². The molecule has 1 atom stereocenters. The summed E-state index contributed by atoms with van der Waals surface area (Å²) in [4.78, 5) is 11.2. The van der Waals surface area contributed by atoms with Crippen molar-refractivity contribution in [2.24, 2.45) is 11.7 Å². The fraction of sp³-hybridized carbons (Fsp3) is 0.462. The maximum atomic E-state index is 12.5. The Bertz CT molecular complexity index is 503. The Morgan fingerprint density at radius 2 is 2.10 bits per heavy atom. The zero-order valence-corrected chi connectivity index (χ0v) is 10.7. The van der Waals surface area contributed by atoms with Crippen molar-refractivity contribution < 1.29 is 22.7 Å². The summed E-state index contributed by atoms with van der Waals surface area (Å²) in [5.41, 5.74) is 6.64. The fourth-order valence-corrected chi connectivity index (χ4v) is 1.94. The van der Waals surface area contributed by atoms with Gasteiger partial charge in [0.1, 0.15) is 18.3 Å². The lowest BCUT2D eigenvalue weighted by Gasteiger charge is -2.20. The van der Waals surface area contributed by atoms with Gasteiger partial charge >= 0.3 is 6.18 Å². The third kappa shape index (κ3) is 3.41. The van der Waals surface area contributed by atoms with Crippen molar-refractivity contribution in [3.63, 3.8) is 0 Å². The number of hydrogen-bond donors (Lipinski definition) is 2. The van der Waals surface area contributed by atoms with Crippen LogP contribution in [-0.4, -0.2) is 25.2 Å². The Morgan fingerprint density at radius 1 is 1.35 bits per heavy atom. The third-order valence-corrected chi connectivity index (χ3v) is 3.17. The number of fused-ring (bicyclic) bond motifs is 1. The number of amides is 1. The lowest BCUT2D eigenvalue weighted by molar-refractivity contribution is -0.178. The average Bonchev–Trinajstić information content (AvgIpc) is 2.38. The third-order valence-electron chi connectivity index (χ3n) is 3.17. The number of nitrogens with two attached hydrogens (primary N) is 1. The summed E-state index contributed by atoms with van der Waals surface area (Å²) in [6.07, 6.45) is -3.45. The van der Waals surface area contributed by atoms with Gasteiger partial charge in [0.15, 0.2) is 0 Å². The highest BCUT2D eigenvalue weighted by atomic mass is 19.4. The number of rotatable bonds is 4. The molecule has 0 aromatic heterocycles. The van der Waals surface area contributed by atoms with Crippen LogP contribution in [0.2, 0.25) is 0 Å². The van der Waals surface area contributed by atoms with Crippen LogP contribution in [0.1, 0.15) is 12.0 Å². The lowest BCUT2D eigenvalue weighted by atomic mass is 10.0. The van der Waals surface area contributed by atoms with E-state index >= 15 is 0 Å². The van der Waals surface area contributed by atoms with Crippen molar-refractivity contribution in [3.8, 4) is 5.75 Å². The van der Waals surface area contributed by atoms with E-state index in [0.717, 1.165) is 5.56 Å². The molecule has 0 saturated heterocycles. The number of halogens is 3. The first kappa shape index (κ1) is 14.6. The van der Waals surface area contributed by atoms with Crippen LogP contribution in [0, 0.1) is 5.92 Å². The van der Waals surface area contributed by atoms with Crippen molar-refractivity contribution in [1.82, 2.24) is 0 Å². The molecule has 1 heterocycles. The maximum absolute atomic E-state index is 12.5. The predicted molar refractivity (Wildman–Crippen MR) is 67.5 cm³/mol. The molecule has 20 heavy (non-hydrogen) atoms. The van der Waals surface area contributed by atoms with Crippen molar-refractivity contribution in [1.29, 1.82) is 0 Å². The fourth-order valence-electron chi connectivity index (χ4n) is 1.94. The van der Waals surface area contributed by atoms with Crippen LogP contribution in [0.3, 0.4) is 0 Å². The van der Waals surface area contributed by atoms with E-state index in [1.807, 2.05) is 0 Å². The molecule has 7 heteroatoms. The van der Waals surface area contributed by atoms with Crippen molar-refractivity contribution in [3.05, 3.63) is 23.8 Å². The Hall–Kier alpha value is -1.76. The van der Waals surface area contributed by atoms with E-state index < -0.39 is 25.2 Å². The van der Waals surface area contributed by atoms with Gasteiger partial charge in [0.2, 0.25) is 5.91 Å². The first-order valence-corrected chi connectivity index (χ1v) is 6.22. The molecule has 1 aliphatic heterocycles. The van der Waals surface area contributed by atoms with E-state index in [1.165, 1.54) is 6.07 Å².